The summed E-state index contributed by atoms with van der Waals surface area (Å²) < 4.78 is 6.25. The van der Waals surface area contributed by atoms with Crippen LogP contribution in [-0.4, -0.2) is 13.1 Å². The summed E-state index contributed by atoms with van der Waals surface area (Å²) in [5.41, 5.74) is 7.88. The molecule has 21 heavy (non-hydrogen) atoms. The zero-order valence-corrected chi connectivity index (χ0v) is 16.2. The first-order chi connectivity index (χ1) is 9.69. The fourth-order valence-corrected chi connectivity index (χ4v) is 3.11. The molecule has 0 radical (unpaired) electrons. The maximum absolute atomic E-state index is 5.92. The lowest BCUT2D eigenvalue weighted by atomic mass is 10.2. The van der Waals surface area contributed by atoms with Gasteiger partial charge in [-0.3, -0.25) is 0 Å². The summed E-state index contributed by atoms with van der Waals surface area (Å²) in [5.74, 6) is 0.401. The molecule has 4 nitrogen and oxygen atoms in total. The van der Waals surface area contributed by atoms with Crippen LogP contribution in [0.25, 0.3) is 0 Å². The summed E-state index contributed by atoms with van der Waals surface area (Å²) in [4.78, 5) is 5.50. The van der Waals surface area contributed by atoms with Crippen LogP contribution >= 0.6 is 51.2 Å². The standard InChI is InChI=1S/C14H16BrN3OS.HI/c1-19-9-10-4-2-3-5-12(10)18-14(16)17-8-11-6-7-13(15)20-11;/h2-7H,8-9H2,1H3,(H3,16,17,18);1H. The van der Waals surface area contributed by atoms with Crippen molar-refractivity contribution in [1.29, 1.82) is 0 Å². The van der Waals surface area contributed by atoms with Crippen molar-refractivity contribution in [2.24, 2.45) is 10.7 Å². The van der Waals surface area contributed by atoms with Crippen molar-refractivity contribution in [2.75, 3.05) is 12.4 Å². The normalized spacial score (nSPS) is 11.0. The van der Waals surface area contributed by atoms with Gasteiger partial charge in [0.15, 0.2) is 5.96 Å². The van der Waals surface area contributed by atoms with Crippen molar-refractivity contribution in [2.45, 2.75) is 13.2 Å². The minimum Gasteiger partial charge on any atom is -0.380 e. The third kappa shape index (κ3) is 5.93. The van der Waals surface area contributed by atoms with Gasteiger partial charge in [-0.15, -0.1) is 35.3 Å². The van der Waals surface area contributed by atoms with Crippen molar-refractivity contribution < 1.29 is 4.74 Å². The molecule has 0 bridgehead atoms. The zero-order valence-electron chi connectivity index (χ0n) is 11.5. The molecule has 1 aromatic heterocycles. The second kappa shape index (κ2) is 9.39. The van der Waals surface area contributed by atoms with E-state index in [4.69, 9.17) is 10.5 Å². The molecule has 0 amide bonds. The third-order valence-corrected chi connectivity index (χ3v) is 4.22. The van der Waals surface area contributed by atoms with Gasteiger partial charge in [0.05, 0.1) is 16.9 Å². The number of rotatable bonds is 5. The average Bonchev–Trinajstić information content (AvgIpc) is 2.85. The van der Waals surface area contributed by atoms with Gasteiger partial charge in [-0.05, 0) is 34.1 Å². The largest absolute Gasteiger partial charge is 0.380 e. The molecule has 2 aromatic rings. The molecule has 7 heteroatoms. The van der Waals surface area contributed by atoms with Crippen LogP contribution in [0.15, 0.2) is 45.2 Å². The number of hydrogen-bond donors (Lipinski definition) is 2. The quantitative estimate of drug-likeness (QED) is 0.382. The Morgan fingerprint density at radius 1 is 1.33 bits per heavy atom. The second-order valence-electron chi connectivity index (χ2n) is 4.12. The molecule has 0 saturated heterocycles. The molecule has 0 fully saturated rings. The van der Waals surface area contributed by atoms with E-state index in [2.05, 4.69) is 26.2 Å². The number of methoxy groups -OCH3 is 1. The van der Waals surface area contributed by atoms with Crippen molar-refractivity contribution >= 4 is 62.9 Å². The fraction of sp³-hybridized carbons (Fsp3) is 0.214. The summed E-state index contributed by atoms with van der Waals surface area (Å²) in [6.45, 7) is 1.11. The van der Waals surface area contributed by atoms with E-state index in [9.17, 15) is 0 Å². The van der Waals surface area contributed by atoms with Crippen LogP contribution in [0.1, 0.15) is 10.4 Å². The number of nitrogens with one attached hydrogen (secondary N) is 1. The molecule has 0 unspecified atom stereocenters. The Morgan fingerprint density at radius 3 is 2.76 bits per heavy atom. The van der Waals surface area contributed by atoms with Gasteiger partial charge >= 0.3 is 0 Å². The molecule has 114 valence electrons. The Morgan fingerprint density at radius 2 is 2.10 bits per heavy atom. The van der Waals surface area contributed by atoms with Crippen LogP contribution in [-0.2, 0) is 17.9 Å². The van der Waals surface area contributed by atoms with E-state index in [-0.39, 0.29) is 24.0 Å². The van der Waals surface area contributed by atoms with Gasteiger partial charge in [-0.1, -0.05) is 18.2 Å². The van der Waals surface area contributed by atoms with Crippen LogP contribution in [0.4, 0.5) is 5.69 Å². The van der Waals surface area contributed by atoms with E-state index in [0.29, 0.717) is 19.1 Å². The van der Waals surface area contributed by atoms with Crippen LogP contribution in [0, 0.1) is 0 Å². The monoisotopic (exact) mass is 481 g/mol. The van der Waals surface area contributed by atoms with E-state index in [1.807, 2.05) is 36.4 Å². The Bertz CT molecular complexity index is 603. The predicted molar refractivity (Wildman–Crippen MR) is 104 cm³/mol. The molecular formula is C14H17BrIN3OS. The second-order valence-corrected chi connectivity index (χ2v) is 6.67. The number of aliphatic imine (C=N–C) groups is 1. The smallest absolute Gasteiger partial charge is 0.193 e. The Labute approximate surface area is 153 Å². The van der Waals surface area contributed by atoms with E-state index in [1.165, 1.54) is 0 Å². The van der Waals surface area contributed by atoms with Crippen molar-refractivity contribution in [1.82, 2.24) is 0 Å². The maximum Gasteiger partial charge on any atom is 0.193 e. The number of thiophene rings is 1. The lowest BCUT2D eigenvalue weighted by molar-refractivity contribution is 0.185. The van der Waals surface area contributed by atoms with Crippen LogP contribution < -0.4 is 11.1 Å². The topological polar surface area (TPSA) is 59.6 Å². The highest BCUT2D eigenvalue weighted by molar-refractivity contribution is 14.0. The first kappa shape index (κ1) is 18.4. The molecule has 0 spiro atoms. The number of guanidine groups is 1. The molecule has 1 heterocycles. The summed E-state index contributed by atoms with van der Waals surface area (Å²) >= 11 is 5.08. The molecule has 1 aromatic carbocycles. The molecule has 0 aliphatic rings. The maximum atomic E-state index is 5.92. The number of benzene rings is 1. The van der Waals surface area contributed by atoms with Crippen LogP contribution in [0.2, 0.25) is 0 Å². The first-order valence-corrected chi connectivity index (χ1v) is 7.68. The molecule has 0 aliphatic carbocycles. The zero-order chi connectivity index (χ0) is 14.4. The van der Waals surface area contributed by atoms with Gasteiger partial charge in [0.25, 0.3) is 0 Å². The van der Waals surface area contributed by atoms with Gasteiger partial charge in [0, 0.05) is 23.2 Å². The van der Waals surface area contributed by atoms with Crippen molar-refractivity contribution in [3.8, 4) is 0 Å². The Kier molecular flexibility index (Phi) is 8.23. The summed E-state index contributed by atoms with van der Waals surface area (Å²) in [5, 5.41) is 3.11. The highest BCUT2D eigenvalue weighted by Crippen LogP contribution is 2.22. The highest BCUT2D eigenvalue weighted by Gasteiger charge is 2.03. The molecule has 0 aliphatic heterocycles. The van der Waals surface area contributed by atoms with Gasteiger partial charge < -0.3 is 15.8 Å². The lowest BCUT2D eigenvalue weighted by Gasteiger charge is -2.10. The van der Waals surface area contributed by atoms with E-state index in [1.54, 1.807) is 18.4 Å². The van der Waals surface area contributed by atoms with Gasteiger partial charge in [-0.2, -0.15) is 0 Å². The summed E-state index contributed by atoms with van der Waals surface area (Å²) in [7, 11) is 1.67. The Hall–Kier alpha value is -0.640. The van der Waals surface area contributed by atoms with E-state index in [0.717, 1.165) is 19.9 Å². The fourth-order valence-electron chi connectivity index (χ4n) is 1.70. The number of ether oxygens (including phenoxy) is 1. The van der Waals surface area contributed by atoms with Crippen LogP contribution in [0.5, 0.6) is 0 Å². The first-order valence-electron chi connectivity index (χ1n) is 6.07. The SMILES string of the molecule is COCc1ccccc1NC(N)=NCc1ccc(Br)s1.I. The van der Waals surface area contributed by atoms with Crippen molar-refractivity contribution in [3.63, 3.8) is 0 Å². The molecule has 3 N–H and O–H groups in total. The van der Waals surface area contributed by atoms with Gasteiger partial charge in [0.1, 0.15) is 0 Å². The number of nitrogens with zero attached hydrogens (tertiary/aromatic N) is 1. The van der Waals surface area contributed by atoms with Gasteiger partial charge in [-0.25, -0.2) is 4.99 Å². The number of anilines is 1. The minimum absolute atomic E-state index is 0. The van der Waals surface area contributed by atoms with Gasteiger partial charge in [0.2, 0.25) is 0 Å². The molecule has 2 rings (SSSR count). The third-order valence-electron chi connectivity index (χ3n) is 2.61. The number of para-hydroxylation sites is 1. The predicted octanol–water partition coefficient (Wildman–Crippen LogP) is 4.20. The van der Waals surface area contributed by atoms with Crippen molar-refractivity contribution in [3.05, 3.63) is 50.6 Å². The lowest BCUT2D eigenvalue weighted by Crippen LogP contribution is -2.23. The molecule has 0 atom stereocenters. The average molecular weight is 482 g/mol. The number of hydrogen-bond acceptors (Lipinski definition) is 3. The molecular weight excluding hydrogens is 465 g/mol. The molecule has 0 saturated carbocycles. The highest BCUT2D eigenvalue weighted by atomic mass is 127. The summed E-state index contributed by atoms with van der Waals surface area (Å²) in [6.07, 6.45) is 0. The van der Waals surface area contributed by atoms with Crippen LogP contribution in [0.3, 0.4) is 0 Å². The number of nitrogens with two attached hydrogens (primary N) is 1. The Balaban J connectivity index is 0.00000220. The van der Waals surface area contributed by atoms with E-state index < -0.39 is 0 Å². The number of halogens is 2. The van der Waals surface area contributed by atoms with E-state index >= 15 is 0 Å². The minimum atomic E-state index is 0. The summed E-state index contributed by atoms with van der Waals surface area (Å²) in [6, 6.07) is 11.9.